The van der Waals surface area contributed by atoms with Crippen molar-refractivity contribution in [2.45, 2.75) is 58.8 Å². The van der Waals surface area contributed by atoms with Crippen molar-refractivity contribution in [1.29, 1.82) is 0 Å². The summed E-state index contributed by atoms with van der Waals surface area (Å²) in [5, 5.41) is 0. The first-order valence-electron chi connectivity index (χ1n) is 6.03. The Hall–Kier alpha value is -0.260. The summed E-state index contributed by atoms with van der Waals surface area (Å²) in [5.41, 5.74) is 1.52. The Balaban J connectivity index is 0.000000396. The molecule has 0 nitrogen and oxygen atoms in total. The molecule has 0 aromatic heterocycles. The van der Waals surface area contributed by atoms with Gasteiger partial charge in [-0.15, -0.1) is 0 Å². The van der Waals surface area contributed by atoms with Crippen molar-refractivity contribution < 1.29 is 0 Å². The highest BCUT2D eigenvalue weighted by Gasteiger charge is 2.28. The van der Waals surface area contributed by atoms with Gasteiger partial charge in [0.1, 0.15) is 0 Å². The van der Waals surface area contributed by atoms with E-state index in [1.807, 2.05) is 13.8 Å². The first-order chi connectivity index (χ1) is 6.36. The van der Waals surface area contributed by atoms with Gasteiger partial charge < -0.3 is 0 Å². The molecular weight excluding hydrogens is 156 g/mol. The molecule has 0 heterocycles. The molecule has 0 spiro atoms. The van der Waals surface area contributed by atoms with E-state index in [1.54, 1.807) is 0 Å². The molecule has 2 unspecified atom stereocenters. The summed E-state index contributed by atoms with van der Waals surface area (Å²) in [7, 11) is 0. The molecule has 0 bridgehead atoms. The molecular formula is C13H24. The van der Waals surface area contributed by atoms with Crippen LogP contribution in [-0.2, 0) is 0 Å². The predicted octanol–water partition coefficient (Wildman–Crippen LogP) is 4.56. The fourth-order valence-corrected chi connectivity index (χ4v) is 2.80. The second-order valence-electron chi connectivity index (χ2n) is 4.30. The van der Waals surface area contributed by atoms with E-state index >= 15 is 0 Å². The van der Waals surface area contributed by atoms with Crippen LogP contribution in [0.3, 0.4) is 0 Å². The van der Waals surface area contributed by atoms with Crippen LogP contribution in [0.4, 0.5) is 0 Å². The Bertz CT molecular complexity index is 157. The second-order valence-corrected chi connectivity index (χ2v) is 4.30. The van der Waals surface area contributed by atoms with Gasteiger partial charge in [0, 0.05) is 0 Å². The molecule has 2 saturated carbocycles. The summed E-state index contributed by atoms with van der Waals surface area (Å²) in [6.07, 6.45) is 10.1. The third-order valence-electron chi connectivity index (χ3n) is 3.49. The maximum Gasteiger partial charge on any atom is -0.0292 e. The predicted molar refractivity (Wildman–Crippen MR) is 59.8 cm³/mol. The van der Waals surface area contributed by atoms with Gasteiger partial charge in [-0.1, -0.05) is 45.3 Å². The molecule has 0 aliphatic heterocycles. The molecule has 76 valence electrons. The Morgan fingerprint density at radius 1 is 1.00 bits per heavy atom. The maximum absolute atomic E-state index is 4.11. The van der Waals surface area contributed by atoms with Gasteiger partial charge in [0.25, 0.3) is 0 Å². The fraction of sp³-hybridized carbons (Fsp3) is 0.846. The highest BCUT2D eigenvalue weighted by molar-refractivity contribution is 5.02. The topological polar surface area (TPSA) is 0 Å². The summed E-state index contributed by atoms with van der Waals surface area (Å²) in [4.78, 5) is 0. The Morgan fingerprint density at radius 3 is 2.31 bits per heavy atom. The van der Waals surface area contributed by atoms with Gasteiger partial charge in [-0.05, 0) is 37.5 Å². The number of allylic oxidation sites excluding steroid dienone is 1. The zero-order valence-corrected chi connectivity index (χ0v) is 9.31. The molecule has 0 aromatic rings. The van der Waals surface area contributed by atoms with Crippen LogP contribution in [0, 0.1) is 11.8 Å². The maximum atomic E-state index is 4.11. The lowest BCUT2D eigenvalue weighted by atomic mass is 9.70. The minimum atomic E-state index is 1.03. The summed E-state index contributed by atoms with van der Waals surface area (Å²) in [5.74, 6) is 2.11. The normalized spacial score (nSPS) is 32.9. The molecule has 2 fully saturated rings. The van der Waals surface area contributed by atoms with Crippen LogP contribution in [-0.4, -0.2) is 0 Å². The summed E-state index contributed by atoms with van der Waals surface area (Å²) < 4.78 is 0. The number of fused-ring (bicyclic) bond motifs is 1. The minimum absolute atomic E-state index is 1.03. The molecule has 2 aliphatic rings. The molecule has 2 aliphatic carbocycles. The Labute approximate surface area is 83.4 Å². The van der Waals surface area contributed by atoms with E-state index in [0.717, 1.165) is 11.8 Å². The van der Waals surface area contributed by atoms with Crippen LogP contribution in [0.5, 0.6) is 0 Å². The summed E-state index contributed by atoms with van der Waals surface area (Å²) in [6.45, 7) is 8.11. The first kappa shape index (κ1) is 10.8. The summed E-state index contributed by atoms with van der Waals surface area (Å²) in [6, 6.07) is 0. The van der Waals surface area contributed by atoms with Gasteiger partial charge >= 0.3 is 0 Å². The van der Waals surface area contributed by atoms with E-state index in [9.17, 15) is 0 Å². The smallest absolute Gasteiger partial charge is 0.0292 e. The van der Waals surface area contributed by atoms with Crippen molar-refractivity contribution in [3.63, 3.8) is 0 Å². The molecule has 0 radical (unpaired) electrons. The lowest BCUT2D eigenvalue weighted by Crippen LogP contribution is -2.23. The largest absolute Gasteiger partial charge is 0.0999 e. The van der Waals surface area contributed by atoms with E-state index in [-0.39, 0.29) is 0 Å². The highest BCUT2D eigenvalue weighted by atomic mass is 14.3. The van der Waals surface area contributed by atoms with Crippen LogP contribution in [0.2, 0.25) is 0 Å². The van der Waals surface area contributed by atoms with Gasteiger partial charge in [-0.2, -0.15) is 0 Å². The quantitative estimate of drug-likeness (QED) is 0.479. The van der Waals surface area contributed by atoms with E-state index in [0.29, 0.717) is 0 Å². The molecule has 13 heavy (non-hydrogen) atoms. The van der Waals surface area contributed by atoms with Gasteiger partial charge in [0.05, 0.1) is 0 Å². The van der Waals surface area contributed by atoms with Gasteiger partial charge in [0.2, 0.25) is 0 Å². The van der Waals surface area contributed by atoms with E-state index in [2.05, 4.69) is 6.58 Å². The average Bonchev–Trinajstić information content (AvgIpc) is 2.21. The average molecular weight is 180 g/mol. The van der Waals surface area contributed by atoms with Crippen molar-refractivity contribution in [2.24, 2.45) is 11.8 Å². The van der Waals surface area contributed by atoms with Crippen molar-refractivity contribution in [2.75, 3.05) is 0 Å². The first-order valence-corrected chi connectivity index (χ1v) is 6.03. The molecule has 0 heteroatoms. The zero-order chi connectivity index (χ0) is 9.68. The minimum Gasteiger partial charge on any atom is -0.0999 e. The van der Waals surface area contributed by atoms with Crippen molar-refractivity contribution >= 4 is 0 Å². The fourth-order valence-electron chi connectivity index (χ4n) is 2.80. The Kier molecular flexibility index (Phi) is 4.55. The van der Waals surface area contributed by atoms with E-state index in [1.165, 1.54) is 50.5 Å². The van der Waals surface area contributed by atoms with Crippen molar-refractivity contribution in [3.05, 3.63) is 12.2 Å². The Morgan fingerprint density at radius 2 is 1.62 bits per heavy atom. The SMILES string of the molecule is C=C1CCC2CCCCC2C1.CC. The number of hydrogen-bond donors (Lipinski definition) is 0. The summed E-state index contributed by atoms with van der Waals surface area (Å²) >= 11 is 0. The van der Waals surface area contributed by atoms with Gasteiger partial charge in [-0.25, -0.2) is 0 Å². The van der Waals surface area contributed by atoms with Crippen LogP contribution in [0.25, 0.3) is 0 Å². The van der Waals surface area contributed by atoms with E-state index < -0.39 is 0 Å². The van der Waals surface area contributed by atoms with Crippen molar-refractivity contribution in [3.8, 4) is 0 Å². The third-order valence-corrected chi connectivity index (χ3v) is 3.49. The zero-order valence-electron chi connectivity index (χ0n) is 9.31. The molecule has 0 saturated heterocycles. The standard InChI is InChI=1S/C11H18.C2H6/c1-9-6-7-10-4-2-3-5-11(10)8-9;1-2/h10-11H,1-8H2;1-2H3. The number of rotatable bonds is 0. The molecule has 0 amide bonds. The van der Waals surface area contributed by atoms with Crippen LogP contribution in [0.15, 0.2) is 12.2 Å². The lowest BCUT2D eigenvalue weighted by Gasteiger charge is -2.36. The van der Waals surface area contributed by atoms with Crippen LogP contribution < -0.4 is 0 Å². The second kappa shape index (κ2) is 5.47. The van der Waals surface area contributed by atoms with Crippen molar-refractivity contribution in [1.82, 2.24) is 0 Å². The van der Waals surface area contributed by atoms with Gasteiger partial charge in [-0.3, -0.25) is 0 Å². The van der Waals surface area contributed by atoms with E-state index in [4.69, 9.17) is 0 Å². The van der Waals surface area contributed by atoms with Gasteiger partial charge in [0.15, 0.2) is 0 Å². The molecule has 0 N–H and O–H groups in total. The lowest BCUT2D eigenvalue weighted by molar-refractivity contribution is 0.199. The third kappa shape index (κ3) is 2.86. The molecule has 2 atom stereocenters. The molecule has 0 aromatic carbocycles. The highest BCUT2D eigenvalue weighted by Crippen LogP contribution is 2.41. The molecule has 2 rings (SSSR count). The van der Waals surface area contributed by atoms with Crippen LogP contribution in [0.1, 0.15) is 58.8 Å². The van der Waals surface area contributed by atoms with Crippen LogP contribution >= 0.6 is 0 Å². The number of hydrogen-bond acceptors (Lipinski definition) is 0. The monoisotopic (exact) mass is 180 g/mol.